The highest BCUT2D eigenvalue weighted by atomic mass is 19.1. The first kappa shape index (κ1) is 35.6. The molecule has 1 unspecified atom stereocenters. The number of amides is 3. The summed E-state index contributed by atoms with van der Waals surface area (Å²) < 4.78 is 30.7. The molecule has 4 rings (SSSR count). The Morgan fingerprint density at radius 2 is 1.65 bits per heavy atom. The van der Waals surface area contributed by atoms with E-state index in [1.165, 1.54) is 36.0 Å². The summed E-state index contributed by atoms with van der Waals surface area (Å²) in [6.07, 6.45) is -2.27. The van der Waals surface area contributed by atoms with Crippen LogP contribution in [0.25, 0.3) is 10.9 Å². The first-order valence-electron chi connectivity index (χ1n) is 15.4. The number of carbonyl (C=O) groups is 5. The van der Waals surface area contributed by atoms with Crippen molar-refractivity contribution in [3.05, 3.63) is 71.2 Å². The van der Waals surface area contributed by atoms with Crippen LogP contribution in [-0.2, 0) is 23.9 Å². The molecule has 1 aliphatic heterocycles. The molecule has 1 aliphatic rings. The Hall–Kier alpha value is -5.27. The fourth-order valence-corrected chi connectivity index (χ4v) is 5.06. The second kappa shape index (κ2) is 15.1. The Labute approximate surface area is 276 Å². The van der Waals surface area contributed by atoms with Crippen LogP contribution < -0.4 is 10.1 Å². The maximum Gasteiger partial charge on any atom is 0.410 e. The van der Waals surface area contributed by atoms with Gasteiger partial charge in [0.15, 0.2) is 0 Å². The maximum absolute atomic E-state index is 14.7. The number of hydrogen-bond donors (Lipinski definition) is 2. The molecule has 3 amide bonds. The molecule has 2 aromatic carbocycles. The number of pyridine rings is 1. The van der Waals surface area contributed by atoms with Crippen LogP contribution in [0.2, 0.25) is 0 Å². The first-order valence-corrected chi connectivity index (χ1v) is 15.4. The van der Waals surface area contributed by atoms with Gasteiger partial charge in [-0.05, 0) is 51.8 Å². The van der Waals surface area contributed by atoms with Crippen LogP contribution in [0.15, 0.2) is 48.5 Å². The van der Waals surface area contributed by atoms with Crippen LogP contribution in [0.5, 0.6) is 5.75 Å². The summed E-state index contributed by atoms with van der Waals surface area (Å²) in [6.45, 7) is 7.51. The standard InChI is InChI=1S/C34H39FN4O9/c1-20-17-25-22(18-23(20)35)27(47-29(32(43)44)21-9-7-6-8-10-21)19-26(36-25)30(41)37-24(11-12-28(40)46-5)31(42)38-13-15-39(16-14-38)33(45)48-34(2,3)4/h6-10,17-19,24,29H,11-16H2,1-5H3,(H,37,41)(H,43,44)/t24-,29?/m0/s1. The van der Waals surface area contributed by atoms with Gasteiger partial charge in [0.25, 0.3) is 5.91 Å². The molecular formula is C34H39FN4O9. The molecule has 3 aromatic rings. The summed E-state index contributed by atoms with van der Waals surface area (Å²) in [6, 6.07) is 10.7. The number of aliphatic carboxylic acids is 1. The molecule has 13 nitrogen and oxygen atoms in total. The molecular weight excluding hydrogens is 627 g/mol. The fourth-order valence-electron chi connectivity index (χ4n) is 5.06. The van der Waals surface area contributed by atoms with E-state index < -0.39 is 53.4 Å². The van der Waals surface area contributed by atoms with Crippen molar-refractivity contribution in [2.45, 2.75) is 58.3 Å². The SMILES string of the molecule is COC(=O)CC[C@H](NC(=O)c1cc(OC(C(=O)O)c2ccccc2)c2cc(F)c(C)cc2n1)C(=O)N1CCN(C(=O)OC(C)(C)C)CC1. The van der Waals surface area contributed by atoms with E-state index in [9.17, 15) is 33.5 Å². The first-order chi connectivity index (χ1) is 22.7. The highest BCUT2D eigenvalue weighted by Gasteiger charge is 2.33. The molecule has 0 aliphatic carbocycles. The van der Waals surface area contributed by atoms with Gasteiger partial charge in [0, 0.05) is 49.6 Å². The number of carboxylic acid groups (broad SMARTS) is 1. The van der Waals surface area contributed by atoms with Gasteiger partial charge in [-0.15, -0.1) is 0 Å². The molecule has 0 radical (unpaired) electrons. The number of fused-ring (bicyclic) bond motifs is 1. The van der Waals surface area contributed by atoms with Crippen molar-refractivity contribution >= 4 is 40.7 Å². The van der Waals surface area contributed by atoms with E-state index in [-0.39, 0.29) is 66.9 Å². The molecule has 2 atom stereocenters. The van der Waals surface area contributed by atoms with Crippen molar-refractivity contribution in [2.24, 2.45) is 0 Å². The largest absolute Gasteiger partial charge is 0.478 e. The van der Waals surface area contributed by atoms with Crippen molar-refractivity contribution < 1.29 is 47.7 Å². The summed E-state index contributed by atoms with van der Waals surface area (Å²) in [5.41, 5.74) is -0.213. The van der Waals surface area contributed by atoms with Crippen molar-refractivity contribution in [1.82, 2.24) is 20.1 Å². The summed E-state index contributed by atoms with van der Waals surface area (Å²) >= 11 is 0. The van der Waals surface area contributed by atoms with E-state index in [0.717, 1.165) is 6.07 Å². The molecule has 0 saturated carbocycles. The normalized spacial score (nSPS) is 14.5. The number of nitrogens with one attached hydrogen (secondary N) is 1. The van der Waals surface area contributed by atoms with Gasteiger partial charge in [0.2, 0.25) is 12.0 Å². The Kier molecular flexibility index (Phi) is 11.2. The van der Waals surface area contributed by atoms with E-state index >= 15 is 0 Å². The molecule has 1 aromatic heterocycles. The second-order valence-electron chi connectivity index (χ2n) is 12.3. The number of piperazine rings is 1. The Balaban J connectivity index is 1.61. The van der Waals surface area contributed by atoms with Crippen molar-refractivity contribution in [2.75, 3.05) is 33.3 Å². The van der Waals surface area contributed by atoms with E-state index in [1.807, 2.05) is 0 Å². The summed E-state index contributed by atoms with van der Waals surface area (Å²) in [5, 5.41) is 12.7. The lowest BCUT2D eigenvalue weighted by Gasteiger charge is -2.37. The average Bonchev–Trinajstić information content (AvgIpc) is 3.04. The quantitative estimate of drug-likeness (QED) is 0.302. The molecule has 256 valence electrons. The predicted molar refractivity (Wildman–Crippen MR) is 171 cm³/mol. The zero-order valence-corrected chi connectivity index (χ0v) is 27.4. The lowest BCUT2D eigenvalue weighted by atomic mass is 10.1. The third kappa shape index (κ3) is 8.96. The third-order valence-corrected chi connectivity index (χ3v) is 7.57. The lowest BCUT2D eigenvalue weighted by Crippen LogP contribution is -2.56. The number of hydrogen-bond acceptors (Lipinski definition) is 9. The predicted octanol–water partition coefficient (Wildman–Crippen LogP) is 4.02. The number of halogens is 1. The van der Waals surface area contributed by atoms with Gasteiger partial charge in [0.1, 0.15) is 28.9 Å². The van der Waals surface area contributed by atoms with Gasteiger partial charge in [-0.3, -0.25) is 14.4 Å². The van der Waals surface area contributed by atoms with Crippen LogP contribution in [-0.4, -0.2) is 94.7 Å². The molecule has 48 heavy (non-hydrogen) atoms. The van der Waals surface area contributed by atoms with Gasteiger partial charge in [-0.1, -0.05) is 30.3 Å². The van der Waals surface area contributed by atoms with Crippen LogP contribution in [0.4, 0.5) is 9.18 Å². The second-order valence-corrected chi connectivity index (χ2v) is 12.3. The highest BCUT2D eigenvalue weighted by Crippen LogP contribution is 2.32. The number of rotatable bonds is 10. The number of benzene rings is 2. The lowest BCUT2D eigenvalue weighted by molar-refractivity contribution is -0.145. The monoisotopic (exact) mass is 666 g/mol. The van der Waals surface area contributed by atoms with Crippen LogP contribution in [0, 0.1) is 12.7 Å². The molecule has 1 fully saturated rings. The van der Waals surface area contributed by atoms with E-state index in [1.54, 1.807) is 51.1 Å². The van der Waals surface area contributed by atoms with Crippen molar-refractivity contribution in [1.29, 1.82) is 0 Å². The molecule has 2 N–H and O–H groups in total. The number of carboxylic acids is 1. The van der Waals surface area contributed by atoms with Gasteiger partial charge >= 0.3 is 18.0 Å². The number of ether oxygens (including phenoxy) is 3. The smallest absolute Gasteiger partial charge is 0.410 e. The van der Waals surface area contributed by atoms with E-state index in [2.05, 4.69) is 10.3 Å². The number of aromatic nitrogens is 1. The van der Waals surface area contributed by atoms with Gasteiger partial charge in [-0.2, -0.15) is 0 Å². The molecule has 1 saturated heterocycles. The minimum absolute atomic E-state index is 0.0973. The third-order valence-electron chi connectivity index (χ3n) is 7.57. The average molecular weight is 667 g/mol. The fraction of sp³-hybridized carbons (Fsp3) is 0.412. The minimum atomic E-state index is -1.49. The van der Waals surface area contributed by atoms with Gasteiger partial charge in [0.05, 0.1) is 12.6 Å². The molecule has 0 bridgehead atoms. The van der Waals surface area contributed by atoms with Gasteiger partial charge in [-0.25, -0.2) is 19.0 Å². The minimum Gasteiger partial charge on any atom is -0.478 e. The van der Waals surface area contributed by atoms with Crippen LogP contribution in [0.1, 0.15) is 61.3 Å². The summed E-state index contributed by atoms with van der Waals surface area (Å²) in [7, 11) is 1.21. The van der Waals surface area contributed by atoms with Crippen LogP contribution in [0.3, 0.4) is 0 Å². The van der Waals surface area contributed by atoms with Crippen molar-refractivity contribution in [3.8, 4) is 5.75 Å². The topological polar surface area (TPSA) is 165 Å². The Morgan fingerprint density at radius 3 is 2.25 bits per heavy atom. The number of carbonyl (C=O) groups excluding carboxylic acids is 4. The zero-order chi connectivity index (χ0) is 35.2. The van der Waals surface area contributed by atoms with E-state index in [0.29, 0.717) is 5.56 Å². The number of methoxy groups -OCH3 is 1. The zero-order valence-electron chi connectivity index (χ0n) is 27.4. The Morgan fingerprint density at radius 1 is 1.00 bits per heavy atom. The molecule has 14 heteroatoms. The molecule has 0 spiro atoms. The van der Waals surface area contributed by atoms with Crippen LogP contribution >= 0.6 is 0 Å². The number of nitrogens with zero attached hydrogens (tertiary/aromatic N) is 3. The Bertz CT molecular complexity index is 1690. The van der Waals surface area contributed by atoms with Crippen molar-refractivity contribution in [3.63, 3.8) is 0 Å². The summed E-state index contributed by atoms with van der Waals surface area (Å²) in [5.74, 6) is -3.90. The number of esters is 1. The number of aryl methyl sites for hydroxylation is 1. The maximum atomic E-state index is 14.7. The highest BCUT2D eigenvalue weighted by molar-refractivity contribution is 5.99. The van der Waals surface area contributed by atoms with Gasteiger partial charge < -0.3 is 34.4 Å². The molecule has 2 heterocycles. The van der Waals surface area contributed by atoms with E-state index in [4.69, 9.17) is 14.2 Å². The summed E-state index contributed by atoms with van der Waals surface area (Å²) in [4.78, 5) is 71.4.